The molecule has 3 rings (SSSR count). The summed E-state index contributed by atoms with van der Waals surface area (Å²) in [4.78, 5) is 75.0. The molecule has 0 aromatic heterocycles. The van der Waals surface area contributed by atoms with Crippen molar-refractivity contribution >= 4 is 41.3 Å². The number of carbonyl (C=O) groups is 6. The summed E-state index contributed by atoms with van der Waals surface area (Å²) >= 11 is 0. The van der Waals surface area contributed by atoms with Crippen LogP contribution in [-0.4, -0.2) is 151 Å². The van der Waals surface area contributed by atoms with Crippen LogP contribution in [0.25, 0.3) is 0 Å². The lowest BCUT2D eigenvalue weighted by molar-refractivity contribution is -0.136. The van der Waals surface area contributed by atoms with Crippen molar-refractivity contribution in [3.05, 3.63) is 29.3 Å². The third-order valence-corrected chi connectivity index (χ3v) is 8.08. The van der Waals surface area contributed by atoms with Crippen LogP contribution in [0, 0.1) is 0 Å². The fourth-order valence-electron chi connectivity index (χ4n) is 5.46. The van der Waals surface area contributed by atoms with Gasteiger partial charge in [0.2, 0.25) is 17.7 Å². The van der Waals surface area contributed by atoms with Gasteiger partial charge in [-0.15, -0.1) is 0 Å². The standard InChI is InChI=1S/C38H58N4O14/c1-38(2,3)56-37(48)39-13-15-50-17-19-52-21-23-54-25-27-55-26-24-53-22-20-51-18-16-49-14-6-4-5-10-31(43)40-29-9-7-8-28-33(29)36(47)42(35(28)46)30-11-12-32(44)41-34(30)45/h7-9,30H,4-6,10-27H2,1-3H3,(H,39,48)(H,40,43)(H,41,44,45). The Morgan fingerprint density at radius 3 is 1.79 bits per heavy atom. The molecule has 6 amide bonds. The van der Waals surface area contributed by atoms with Crippen LogP contribution in [0.2, 0.25) is 0 Å². The first kappa shape index (κ1) is 46.3. The summed E-state index contributed by atoms with van der Waals surface area (Å²) in [5.41, 5.74) is -0.155. The Kier molecular flexibility index (Phi) is 21.5. The van der Waals surface area contributed by atoms with Crippen molar-refractivity contribution in [1.29, 1.82) is 0 Å². The number of hydrogen-bond acceptors (Lipinski definition) is 14. The van der Waals surface area contributed by atoms with E-state index in [1.807, 2.05) is 0 Å². The van der Waals surface area contributed by atoms with Gasteiger partial charge in [0.15, 0.2) is 0 Å². The molecular weight excluding hydrogens is 736 g/mol. The summed E-state index contributed by atoms with van der Waals surface area (Å²) in [6, 6.07) is 3.52. The highest BCUT2D eigenvalue weighted by Gasteiger charge is 2.45. The summed E-state index contributed by atoms with van der Waals surface area (Å²) in [5, 5.41) is 7.52. The lowest BCUT2D eigenvalue weighted by Gasteiger charge is -2.27. The zero-order valence-corrected chi connectivity index (χ0v) is 32.8. The predicted octanol–water partition coefficient (Wildman–Crippen LogP) is 2.23. The topological polar surface area (TPSA) is 216 Å². The van der Waals surface area contributed by atoms with Gasteiger partial charge >= 0.3 is 6.09 Å². The lowest BCUT2D eigenvalue weighted by atomic mass is 10.0. The van der Waals surface area contributed by atoms with Crippen molar-refractivity contribution in [2.24, 2.45) is 0 Å². The molecular formula is C38H58N4O14. The van der Waals surface area contributed by atoms with Gasteiger partial charge < -0.3 is 48.5 Å². The molecule has 1 unspecified atom stereocenters. The van der Waals surface area contributed by atoms with E-state index in [1.165, 1.54) is 6.07 Å². The third kappa shape index (κ3) is 17.8. The molecule has 1 aromatic carbocycles. The number of rotatable bonds is 29. The second kappa shape index (κ2) is 26.0. The number of nitrogens with zero attached hydrogens (tertiary/aromatic N) is 1. The van der Waals surface area contributed by atoms with Crippen LogP contribution in [0.5, 0.6) is 0 Å². The zero-order valence-electron chi connectivity index (χ0n) is 32.8. The Morgan fingerprint density at radius 1 is 0.714 bits per heavy atom. The number of carbonyl (C=O) groups excluding carboxylic acids is 6. The summed E-state index contributed by atoms with van der Waals surface area (Å²) in [6.45, 7) is 12.0. The van der Waals surface area contributed by atoms with E-state index in [2.05, 4.69) is 16.0 Å². The molecule has 3 N–H and O–H groups in total. The van der Waals surface area contributed by atoms with Crippen molar-refractivity contribution in [1.82, 2.24) is 15.5 Å². The normalized spacial score (nSPS) is 15.6. The fourth-order valence-corrected chi connectivity index (χ4v) is 5.46. The van der Waals surface area contributed by atoms with Crippen LogP contribution in [0.4, 0.5) is 10.5 Å². The maximum Gasteiger partial charge on any atom is 0.407 e. The van der Waals surface area contributed by atoms with Crippen LogP contribution in [0.1, 0.15) is 80.0 Å². The Balaban J connectivity index is 1.05. The van der Waals surface area contributed by atoms with E-state index in [1.54, 1.807) is 32.9 Å². The Bertz CT molecular complexity index is 1420. The average molecular weight is 795 g/mol. The van der Waals surface area contributed by atoms with Gasteiger partial charge in [-0.05, 0) is 52.2 Å². The summed E-state index contributed by atoms with van der Waals surface area (Å²) in [6.07, 6.45) is 1.96. The molecule has 56 heavy (non-hydrogen) atoms. The first-order valence-electron chi connectivity index (χ1n) is 19.1. The second-order valence-electron chi connectivity index (χ2n) is 13.7. The minimum absolute atomic E-state index is 0.0262. The molecule has 18 nitrogen and oxygen atoms in total. The highest BCUT2D eigenvalue weighted by Crippen LogP contribution is 2.32. The van der Waals surface area contributed by atoms with Gasteiger partial charge in [0.05, 0.1) is 103 Å². The quantitative estimate of drug-likeness (QED) is 0.0784. The van der Waals surface area contributed by atoms with Crippen LogP contribution in [-0.2, 0) is 52.3 Å². The highest BCUT2D eigenvalue weighted by molar-refractivity contribution is 6.26. The monoisotopic (exact) mass is 794 g/mol. The van der Waals surface area contributed by atoms with Crippen molar-refractivity contribution in [3.8, 4) is 0 Å². The van der Waals surface area contributed by atoms with Gasteiger partial charge in [-0.3, -0.25) is 34.2 Å². The van der Waals surface area contributed by atoms with E-state index < -0.39 is 41.4 Å². The molecule has 0 saturated carbocycles. The van der Waals surface area contributed by atoms with Crippen molar-refractivity contribution in [2.45, 2.75) is 70.9 Å². The van der Waals surface area contributed by atoms with Crippen molar-refractivity contribution < 1.29 is 66.7 Å². The van der Waals surface area contributed by atoms with Gasteiger partial charge in [-0.25, -0.2) is 4.79 Å². The minimum atomic E-state index is -1.08. The molecule has 1 aromatic rings. The van der Waals surface area contributed by atoms with Crippen LogP contribution >= 0.6 is 0 Å². The summed E-state index contributed by atoms with van der Waals surface area (Å²) < 4.78 is 43.5. The molecule has 2 aliphatic heterocycles. The van der Waals surface area contributed by atoms with Gasteiger partial charge in [-0.1, -0.05) is 12.5 Å². The number of piperidine rings is 1. The number of nitrogens with one attached hydrogen (secondary N) is 3. The number of hydrogen-bond donors (Lipinski definition) is 3. The van der Waals surface area contributed by atoms with E-state index in [0.717, 1.165) is 17.7 Å². The summed E-state index contributed by atoms with van der Waals surface area (Å²) in [7, 11) is 0. The van der Waals surface area contributed by atoms with E-state index >= 15 is 0 Å². The van der Waals surface area contributed by atoms with Gasteiger partial charge in [0.1, 0.15) is 11.6 Å². The SMILES string of the molecule is CC(C)(C)OC(=O)NCCOCCOCCOCCOCCOCCOCCOCCCCCC(=O)Nc1cccc2c1C(=O)N(C1CCC(=O)NC1=O)C2=O. The third-order valence-electron chi connectivity index (χ3n) is 8.08. The predicted molar refractivity (Wildman–Crippen MR) is 200 cm³/mol. The Morgan fingerprint density at radius 2 is 1.25 bits per heavy atom. The molecule has 1 saturated heterocycles. The van der Waals surface area contributed by atoms with Gasteiger partial charge in [0, 0.05) is 26.0 Å². The molecule has 1 fully saturated rings. The number of ether oxygens (including phenoxy) is 8. The molecule has 2 aliphatic rings. The average Bonchev–Trinajstić information content (AvgIpc) is 3.39. The number of alkyl carbamates (subject to hydrolysis) is 1. The van der Waals surface area contributed by atoms with E-state index in [-0.39, 0.29) is 42.0 Å². The van der Waals surface area contributed by atoms with Gasteiger partial charge in [0.25, 0.3) is 11.8 Å². The zero-order chi connectivity index (χ0) is 40.6. The second-order valence-corrected chi connectivity index (χ2v) is 13.7. The first-order chi connectivity index (χ1) is 27.0. The van der Waals surface area contributed by atoms with E-state index in [9.17, 15) is 28.8 Å². The molecule has 0 bridgehead atoms. The number of unbranched alkanes of at least 4 members (excludes halogenated alkanes) is 2. The minimum Gasteiger partial charge on any atom is -0.444 e. The lowest BCUT2D eigenvalue weighted by Crippen LogP contribution is -2.54. The number of fused-ring (bicyclic) bond motifs is 1. The maximum atomic E-state index is 13.2. The smallest absolute Gasteiger partial charge is 0.407 e. The Labute approximate surface area is 327 Å². The van der Waals surface area contributed by atoms with E-state index in [4.69, 9.17) is 37.9 Å². The Hall–Kier alpha value is -4.04. The van der Waals surface area contributed by atoms with Crippen LogP contribution in [0.15, 0.2) is 18.2 Å². The van der Waals surface area contributed by atoms with Crippen LogP contribution in [0.3, 0.4) is 0 Å². The summed E-state index contributed by atoms with van der Waals surface area (Å²) in [5.74, 6) is -2.73. The largest absolute Gasteiger partial charge is 0.444 e. The first-order valence-corrected chi connectivity index (χ1v) is 19.1. The van der Waals surface area contributed by atoms with Crippen molar-refractivity contribution in [2.75, 3.05) is 104 Å². The molecule has 0 radical (unpaired) electrons. The number of benzene rings is 1. The number of anilines is 1. The number of imide groups is 2. The molecule has 0 spiro atoms. The number of amides is 6. The fraction of sp³-hybridized carbons (Fsp3) is 0.684. The van der Waals surface area contributed by atoms with Crippen LogP contribution < -0.4 is 16.0 Å². The molecule has 0 aliphatic carbocycles. The van der Waals surface area contributed by atoms with E-state index in [0.29, 0.717) is 105 Å². The molecule has 1 atom stereocenters. The van der Waals surface area contributed by atoms with Crippen molar-refractivity contribution in [3.63, 3.8) is 0 Å². The maximum absolute atomic E-state index is 13.2. The molecule has 2 heterocycles. The molecule has 18 heteroatoms. The highest BCUT2D eigenvalue weighted by atomic mass is 16.6. The van der Waals surface area contributed by atoms with Gasteiger partial charge in [-0.2, -0.15) is 0 Å². The molecule has 314 valence electrons.